The monoisotopic (exact) mass is 264 g/mol. The molecule has 2 rings (SSSR count). The molecule has 1 heterocycles. The lowest BCUT2D eigenvalue weighted by molar-refractivity contribution is 0.170. The maximum Gasteiger partial charge on any atom is 0.123 e. The van der Waals surface area contributed by atoms with Crippen LogP contribution in [-0.4, -0.2) is 37.1 Å². The average molecular weight is 264 g/mol. The molecule has 0 bridgehead atoms. The van der Waals surface area contributed by atoms with Crippen LogP contribution in [0.3, 0.4) is 0 Å². The largest absolute Gasteiger partial charge is 0.311 e. The Hall–Kier alpha value is -0.930. The quantitative estimate of drug-likeness (QED) is 0.879. The summed E-state index contributed by atoms with van der Waals surface area (Å²) >= 11 is 0. The third-order valence-corrected chi connectivity index (χ3v) is 4.23. The van der Waals surface area contributed by atoms with Crippen molar-refractivity contribution in [2.45, 2.75) is 32.7 Å². The Morgan fingerprint density at radius 3 is 3.05 bits per heavy atom. The van der Waals surface area contributed by atoms with Crippen LogP contribution in [-0.2, 0) is 6.42 Å². The lowest BCUT2D eigenvalue weighted by atomic mass is 9.97. The Kier molecular flexibility index (Phi) is 5.34. The Labute approximate surface area is 116 Å². The zero-order valence-corrected chi connectivity index (χ0v) is 12.0. The molecule has 1 aliphatic rings. The average Bonchev–Trinajstić information content (AvgIpc) is 2.45. The Balaban J connectivity index is 1.82. The zero-order valence-electron chi connectivity index (χ0n) is 12.0. The second-order valence-corrected chi connectivity index (χ2v) is 5.63. The number of hydrogen-bond acceptors (Lipinski definition) is 2. The van der Waals surface area contributed by atoms with Crippen molar-refractivity contribution in [3.8, 4) is 0 Å². The summed E-state index contributed by atoms with van der Waals surface area (Å²) in [5, 5.41) is 3.61. The third kappa shape index (κ3) is 4.29. The molecule has 1 aliphatic heterocycles. The molecule has 0 radical (unpaired) electrons. The van der Waals surface area contributed by atoms with E-state index in [0.717, 1.165) is 44.1 Å². The van der Waals surface area contributed by atoms with E-state index in [1.807, 2.05) is 6.07 Å². The highest BCUT2D eigenvalue weighted by Crippen LogP contribution is 2.13. The summed E-state index contributed by atoms with van der Waals surface area (Å²) in [6, 6.07) is 7.56. The van der Waals surface area contributed by atoms with Crippen molar-refractivity contribution in [3.05, 3.63) is 35.6 Å². The molecule has 0 saturated carbocycles. The topological polar surface area (TPSA) is 15.3 Å². The van der Waals surface area contributed by atoms with Crippen molar-refractivity contribution in [2.75, 3.05) is 26.2 Å². The Bertz CT molecular complexity index is 394. The number of nitrogens with one attached hydrogen (secondary N) is 1. The first kappa shape index (κ1) is 14.5. The van der Waals surface area contributed by atoms with Crippen LogP contribution >= 0.6 is 0 Å². The lowest BCUT2D eigenvalue weighted by Crippen LogP contribution is -2.53. The molecular weight excluding hydrogens is 239 g/mol. The summed E-state index contributed by atoms with van der Waals surface area (Å²) in [5.74, 6) is 0.590. The molecule has 1 aromatic rings. The van der Waals surface area contributed by atoms with Gasteiger partial charge in [-0.05, 0) is 30.0 Å². The van der Waals surface area contributed by atoms with E-state index in [1.54, 1.807) is 12.1 Å². The normalized spacial score (nSPS) is 22.4. The molecule has 1 aromatic carbocycles. The Morgan fingerprint density at radius 2 is 2.32 bits per heavy atom. The van der Waals surface area contributed by atoms with Crippen LogP contribution in [0.2, 0.25) is 0 Å². The molecule has 2 nitrogen and oxygen atoms in total. The highest BCUT2D eigenvalue weighted by Gasteiger charge is 2.22. The summed E-state index contributed by atoms with van der Waals surface area (Å²) in [7, 11) is 0. The fraction of sp³-hybridized carbons (Fsp3) is 0.625. The zero-order chi connectivity index (χ0) is 13.7. The van der Waals surface area contributed by atoms with Gasteiger partial charge in [0.15, 0.2) is 0 Å². The highest BCUT2D eigenvalue weighted by molar-refractivity contribution is 5.16. The predicted octanol–water partition coefficient (Wildman–Crippen LogP) is 2.69. The van der Waals surface area contributed by atoms with Gasteiger partial charge < -0.3 is 10.2 Å². The van der Waals surface area contributed by atoms with Crippen molar-refractivity contribution < 1.29 is 4.39 Å². The molecule has 0 amide bonds. The van der Waals surface area contributed by atoms with Crippen molar-refractivity contribution in [1.29, 1.82) is 0 Å². The van der Waals surface area contributed by atoms with E-state index >= 15 is 0 Å². The van der Waals surface area contributed by atoms with Crippen LogP contribution in [0.25, 0.3) is 0 Å². The van der Waals surface area contributed by atoms with E-state index in [9.17, 15) is 4.39 Å². The molecular formula is C16H25FN2. The number of benzene rings is 1. The number of hydrogen-bond donors (Lipinski definition) is 1. The van der Waals surface area contributed by atoms with Gasteiger partial charge in [-0.3, -0.25) is 0 Å². The summed E-state index contributed by atoms with van der Waals surface area (Å²) < 4.78 is 13.1. The van der Waals surface area contributed by atoms with Crippen LogP contribution in [0.5, 0.6) is 0 Å². The molecule has 3 heteroatoms. The van der Waals surface area contributed by atoms with E-state index in [4.69, 9.17) is 0 Å². The Morgan fingerprint density at radius 1 is 1.47 bits per heavy atom. The van der Waals surface area contributed by atoms with Gasteiger partial charge in [-0.1, -0.05) is 32.4 Å². The second kappa shape index (κ2) is 7.01. The summed E-state index contributed by atoms with van der Waals surface area (Å²) in [6.07, 6.45) is 2.15. The van der Waals surface area contributed by atoms with Gasteiger partial charge in [-0.2, -0.15) is 0 Å². The molecule has 2 atom stereocenters. The molecule has 0 aliphatic carbocycles. The smallest absolute Gasteiger partial charge is 0.123 e. The van der Waals surface area contributed by atoms with Gasteiger partial charge in [-0.15, -0.1) is 0 Å². The minimum absolute atomic E-state index is 0.129. The maximum atomic E-state index is 13.1. The molecule has 106 valence electrons. The van der Waals surface area contributed by atoms with Crippen molar-refractivity contribution in [2.24, 2.45) is 5.92 Å². The minimum atomic E-state index is -0.129. The summed E-state index contributed by atoms with van der Waals surface area (Å²) in [6.45, 7) is 8.87. The maximum absolute atomic E-state index is 13.1. The van der Waals surface area contributed by atoms with E-state index in [-0.39, 0.29) is 5.82 Å². The van der Waals surface area contributed by atoms with Crippen molar-refractivity contribution in [1.82, 2.24) is 10.2 Å². The van der Waals surface area contributed by atoms with E-state index < -0.39 is 0 Å². The van der Waals surface area contributed by atoms with Gasteiger partial charge in [0.2, 0.25) is 0 Å². The fourth-order valence-corrected chi connectivity index (χ4v) is 2.69. The summed E-state index contributed by atoms with van der Waals surface area (Å²) in [5.41, 5.74) is 1.10. The summed E-state index contributed by atoms with van der Waals surface area (Å²) in [4.78, 5) is 2.50. The molecule has 1 fully saturated rings. The SMILES string of the molecule is CCC(C)C1CN(CCc2cccc(F)c2)CCN1. The highest BCUT2D eigenvalue weighted by atomic mass is 19.1. The predicted molar refractivity (Wildman–Crippen MR) is 77.8 cm³/mol. The third-order valence-electron chi connectivity index (χ3n) is 4.23. The van der Waals surface area contributed by atoms with Crippen LogP contribution in [0.4, 0.5) is 4.39 Å². The van der Waals surface area contributed by atoms with Gasteiger partial charge in [0.1, 0.15) is 5.82 Å². The first-order valence-electron chi connectivity index (χ1n) is 7.39. The van der Waals surface area contributed by atoms with Gasteiger partial charge in [0.25, 0.3) is 0 Å². The first-order chi connectivity index (χ1) is 9.19. The number of nitrogens with zero attached hydrogens (tertiary/aromatic N) is 1. The molecule has 2 unspecified atom stereocenters. The second-order valence-electron chi connectivity index (χ2n) is 5.63. The van der Waals surface area contributed by atoms with Crippen LogP contribution in [0.15, 0.2) is 24.3 Å². The van der Waals surface area contributed by atoms with Crippen molar-refractivity contribution in [3.63, 3.8) is 0 Å². The van der Waals surface area contributed by atoms with Crippen LogP contribution < -0.4 is 5.32 Å². The molecule has 1 saturated heterocycles. The van der Waals surface area contributed by atoms with Gasteiger partial charge in [-0.25, -0.2) is 4.39 Å². The number of piperazine rings is 1. The number of rotatable bonds is 5. The van der Waals surface area contributed by atoms with E-state index in [0.29, 0.717) is 6.04 Å². The minimum Gasteiger partial charge on any atom is -0.311 e. The van der Waals surface area contributed by atoms with Gasteiger partial charge in [0, 0.05) is 32.2 Å². The molecule has 0 spiro atoms. The molecule has 1 N–H and O–H groups in total. The fourth-order valence-electron chi connectivity index (χ4n) is 2.69. The standard InChI is InChI=1S/C16H25FN2/c1-3-13(2)16-12-19(10-8-18-16)9-7-14-5-4-6-15(17)11-14/h4-6,11,13,16,18H,3,7-10,12H2,1-2H3. The molecule has 19 heavy (non-hydrogen) atoms. The molecule has 0 aromatic heterocycles. The van der Waals surface area contributed by atoms with Crippen LogP contribution in [0.1, 0.15) is 25.8 Å². The van der Waals surface area contributed by atoms with E-state index in [2.05, 4.69) is 24.1 Å². The lowest BCUT2D eigenvalue weighted by Gasteiger charge is -2.36. The van der Waals surface area contributed by atoms with Crippen LogP contribution in [0, 0.1) is 11.7 Å². The van der Waals surface area contributed by atoms with Gasteiger partial charge in [0.05, 0.1) is 0 Å². The number of halogens is 1. The van der Waals surface area contributed by atoms with E-state index in [1.165, 1.54) is 12.5 Å². The van der Waals surface area contributed by atoms with Crippen molar-refractivity contribution >= 4 is 0 Å². The van der Waals surface area contributed by atoms with Gasteiger partial charge >= 0.3 is 0 Å². The first-order valence-corrected chi connectivity index (χ1v) is 7.39.